The fourth-order valence-corrected chi connectivity index (χ4v) is 4.64. The molecule has 13 nitrogen and oxygen atoms in total. The van der Waals surface area contributed by atoms with E-state index in [4.69, 9.17) is 31.4 Å². The van der Waals surface area contributed by atoms with Crippen molar-refractivity contribution in [2.45, 2.75) is 45.0 Å². The molecule has 0 radical (unpaired) electrons. The molecule has 0 saturated carbocycles. The fraction of sp³-hybridized carbons (Fsp3) is 0.345. The Bertz CT molecular complexity index is 1670. The van der Waals surface area contributed by atoms with Gasteiger partial charge in [-0.25, -0.2) is 14.6 Å². The molecule has 4 heterocycles. The SMILES string of the molecule is CC(=O)N1CCC(CC(=O)Nc2ccc3cc2CCc2cncc(c2)Nc2ncc(Cl)c(n2)N3)C1.O=C(O)C(F)(F)F.O=C(O)C(F)(F)F. The summed E-state index contributed by atoms with van der Waals surface area (Å²) in [6, 6.07) is 7.80. The van der Waals surface area contributed by atoms with Crippen molar-refractivity contribution in [1.82, 2.24) is 19.9 Å². The van der Waals surface area contributed by atoms with Gasteiger partial charge >= 0.3 is 24.3 Å². The number of carboxylic acids is 2. The van der Waals surface area contributed by atoms with E-state index >= 15 is 0 Å². The summed E-state index contributed by atoms with van der Waals surface area (Å²) < 4.78 is 63.5. The van der Waals surface area contributed by atoms with E-state index < -0.39 is 24.3 Å². The highest BCUT2D eigenvalue weighted by Gasteiger charge is 2.39. The summed E-state index contributed by atoms with van der Waals surface area (Å²) in [5.41, 5.74) is 4.40. The van der Waals surface area contributed by atoms with Crippen molar-refractivity contribution in [3.63, 3.8) is 0 Å². The Morgan fingerprint density at radius 1 is 0.959 bits per heavy atom. The summed E-state index contributed by atoms with van der Waals surface area (Å²) in [5, 5.41) is 24.2. The van der Waals surface area contributed by atoms with Gasteiger partial charge in [0, 0.05) is 44.0 Å². The number of fused-ring (bicyclic) bond motifs is 6. The van der Waals surface area contributed by atoms with Gasteiger partial charge in [0.05, 0.1) is 18.1 Å². The zero-order chi connectivity index (χ0) is 36.5. The number of carbonyl (C=O) groups excluding carboxylic acids is 2. The van der Waals surface area contributed by atoms with Crippen LogP contribution >= 0.6 is 11.6 Å². The van der Waals surface area contributed by atoms with Crippen molar-refractivity contribution < 1.29 is 55.7 Å². The smallest absolute Gasteiger partial charge is 0.475 e. The van der Waals surface area contributed by atoms with Gasteiger partial charge in [-0.1, -0.05) is 11.6 Å². The second-order valence-corrected chi connectivity index (χ2v) is 11.0. The minimum Gasteiger partial charge on any atom is -0.475 e. The van der Waals surface area contributed by atoms with Crippen LogP contribution in [-0.2, 0) is 32.0 Å². The van der Waals surface area contributed by atoms with E-state index in [1.165, 1.54) is 0 Å². The molecule has 20 heteroatoms. The minimum atomic E-state index is -5.08. The number of pyridine rings is 1. The Balaban J connectivity index is 0.000000392. The van der Waals surface area contributed by atoms with Crippen LogP contribution in [0.5, 0.6) is 0 Å². The van der Waals surface area contributed by atoms with Gasteiger partial charge in [-0.3, -0.25) is 14.6 Å². The van der Waals surface area contributed by atoms with E-state index in [-0.39, 0.29) is 17.7 Å². The predicted octanol–water partition coefficient (Wildman–Crippen LogP) is 5.57. The molecule has 5 N–H and O–H groups in total. The molecule has 49 heavy (non-hydrogen) atoms. The van der Waals surface area contributed by atoms with Crippen molar-refractivity contribution in [3.8, 4) is 0 Å². The number of aromatic nitrogens is 3. The molecule has 5 rings (SSSR count). The van der Waals surface area contributed by atoms with Gasteiger partial charge in [-0.05, 0) is 60.6 Å². The van der Waals surface area contributed by atoms with E-state index in [9.17, 15) is 35.9 Å². The molecule has 6 bridgehead atoms. The van der Waals surface area contributed by atoms with Crippen LogP contribution in [0.3, 0.4) is 0 Å². The van der Waals surface area contributed by atoms with Crippen molar-refractivity contribution >= 4 is 64.2 Å². The first-order valence-corrected chi connectivity index (χ1v) is 14.5. The van der Waals surface area contributed by atoms with Crippen LogP contribution in [0.2, 0.25) is 5.02 Å². The molecule has 3 aromatic rings. The number of carboxylic acid groups (broad SMARTS) is 2. The van der Waals surface area contributed by atoms with Crippen LogP contribution in [0.15, 0.2) is 42.9 Å². The third-order valence-corrected chi connectivity index (χ3v) is 7.09. The fourth-order valence-electron chi connectivity index (χ4n) is 4.50. The third-order valence-electron chi connectivity index (χ3n) is 6.81. The van der Waals surface area contributed by atoms with E-state index in [0.29, 0.717) is 42.7 Å². The van der Waals surface area contributed by atoms with E-state index in [1.54, 1.807) is 24.2 Å². The highest BCUT2D eigenvalue weighted by atomic mass is 35.5. The molecular formula is C29H28ClF6N7O6. The average molecular weight is 720 g/mol. The minimum absolute atomic E-state index is 0.0448. The quantitative estimate of drug-likeness (QED) is 0.213. The normalized spacial score (nSPS) is 15.2. The van der Waals surface area contributed by atoms with Gasteiger partial charge < -0.3 is 31.1 Å². The number of aryl methyl sites for hydroxylation is 2. The number of halogens is 7. The molecule has 0 aliphatic carbocycles. The molecular weight excluding hydrogens is 692 g/mol. The average Bonchev–Trinajstić information content (AvgIpc) is 3.47. The van der Waals surface area contributed by atoms with Crippen molar-refractivity contribution in [2.75, 3.05) is 29.0 Å². The van der Waals surface area contributed by atoms with Crippen molar-refractivity contribution in [3.05, 3.63) is 59.0 Å². The molecule has 0 spiro atoms. The Labute approximate surface area is 278 Å². The Morgan fingerprint density at radius 3 is 2.20 bits per heavy atom. The molecule has 2 aliphatic rings. The first-order chi connectivity index (χ1) is 22.8. The van der Waals surface area contributed by atoms with Gasteiger partial charge in [-0.15, -0.1) is 0 Å². The molecule has 1 unspecified atom stereocenters. The number of nitrogens with one attached hydrogen (secondary N) is 3. The zero-order valence-corrected chi connectivity index (χ0v) is 26.1. The van der Waals surface area contributed by atoms with Gasteiger partial charge in [0.15, 0.2) is 5.82 Å². The maximum Gasteiger partial charge on any atom is 0.490 e. The summed E-state index contributed by atoms with van der Waals surface area (Å²) in [6.45, 7) is 2.92. The Hall–Kier alpha value is -5.20. The molecule has 1 fully saturated rings. The van der Waals surface area contributed by atoms with Gasteiger partial charge in [-0.2, -0.15) is 31.3 Å². The lowest BCUT2D eigenvalue weighted by molar-refractivity contribution is -0.193. The molecule has 264 valence electrons. The number of amides is 2. The van der Waals surface area contributed by atoms with Gasteiger partial charge in [0.25, 0.3) is 0 Å². The van der Waals surface area contributed by atoms with Crippen molar-refractivity contribution in [1.29, 1.82) is 0 Å². The number of rotatable bonds is 3. The Kier molecular flexibility index (Phi) is 12.7. The maximum atomic E-state index is 12.9. The first-order valence-electron chi connectivity index (χ1n) is 14.1. The lowest BCUT2D eigenvalue weighted by Crippen LogP contribution is -2.26. The van der Waals surface area contributed by atoms with Crippen LogP contribution in [0.4, 0.5) is 55.2 Å². The number of carbonyl (C=O) groups is 4. The number of alkyl halides is 6. The molecule has 1 saturated heterocycles. The van der Waals surface area contributed by atoms with Crippen LogP contribution in [0.1, 0.15) is 30.9 Å². The number of nitrogens with zero attached hydrogens (tertiary/aromatic N) is 4. The van der Waals surface area contributed by atoms with Crippen LogP contribution in [0.25, 0.3) is 0 Å². The van der Waals surface area contributed by atoms with E-state index in [2.05, 4.69) is 30.9 Å². The zero-order valence-electron chi connectivity index (χ0n) is 25.3. The maximum absolute atomic E-state index is 12.9. The topological polar surface area (TPSA) is 187 Å². The lowest BCUT2D eigenvalue weighted by atomic mass is 10.0. The van der Waals surface area contributed by atoms with Gasteiger partial charge in [0.1, 0.15) is 5.02 Å². The number of hydrogen-bond acceptors (Lipinski definition) is 9. The predicted molar refractivity (Wildman–Crippen MR) is 163 cm³/mol. The second-order valence-electron chi connectivity index (χ2n) is 10.6. The molecule has 1 aromatic carbocycles. The first kappa shape index (κ1) is 38.2. The molecule has 2 aromatic heterocycles. The molecule has 1 atom stereocenters. The van der Waals surface area contributed by atoms with E-state index in [1.807, 2.05) is 30.5 Å². The summed E-state index contributed by atoms with van der Waals surface area (Å²) in [5.74, 6) is -4.43. The number of aliphatic carboxylic acids is 2. The Morgan fingerprint density at radius 2 is 1.61 bits per heavy atom. The summed E-state index contributed by atoms with van der Waals surface area (Å²) in [6.07, 6.45) is -2.39. The second kappa shape index (κ2) is 16.3. The van der Waals surface area contributed by atoms with Crippen molar-refractivity contribution in [2.24, 2.45) is 5.92 Å². The highest BCUT2D eigenvalue weighted by Crippen LogP contribution is 2.30. The number of benzene rings is 1. The number of hydrogen-bond donors (Lipinski definition) is 5. The van der Waals surface area contributed by atoms with Crippen LogP contribution in [-0.4, -0.2) is 79.3 Å². The lowest BCUT2D eigenvalue weighted by Gasteiger charge is -2.16. The monoisotopic (exact) mass is 719 g/mol. The van der Waals surface area contributed by atoms with Gasteiger partial charge in [0.2, 0.25) is 17.8 Å². The number of anilines is 5. The summed E-state index contributed by atoms with van der Waals surface area (Å²) in [4.78, 5) is 57.2. The highest BCUT2D eigenvalue weighted by molar-refractivity contribution is 6.32. The largest absolute Gasteiger partial charge is 0.490 e. The van der Waals surface area contributed by atoms with Crippen LogP contribution in [0, 0.1) is 5.92 Å². The van der Waals surface area contributed by atoms with Crippen LogP contribution < -0.4 is 16.0 Å². The number of likely N-dealkylation sites (tertiary alicyclic amines) is 1. The molecule has 2 aliphatic heterocycles. The third kappa shape index (κ3) is 12.1. The summed E-state index contributed by atoms with van der Waals surface area (Å²) in [7, 11) is 0. The standard InChI is InChI=1S/C25H26ClN7O2.2C2HF3O2/c1-15(34)33-7-6-17(14-33)9-23(35)31-22-5-4-19-10-18(22)3-2-16-8-20(12-27-11-16)30-25-28-13-21(26)24(29-19)32-25;2*3-2(4,5)1(6)7/h4-5,8,10-13,17H,2-3,6-7,9,14H2,1H3,(H,31,35)(H2,28,29,30,32);2*(H,6,7). The molecule has 2 amide bonds. The summed E-state index contributed by atoms with van der Waals surface area (Å²) >= 11 is 6.33. The van der Waals surface area contributed by atoms with E-state index in [0.717, 1.165) is 41.0 Å².